The Labute approximate surface area is 84.4 Å². The molecule has 2 rings (SSSR count). The molecule has 4 heteroatoms. The van der Waals surface area contributed by atoms with Gasteiger partial charge in [0.2, 0.25) is 0 Å². The molecule has 0 bridgehead atoms. The molecule has 0 aliphatic heterocycles. The van der Waals surface area contributed by atoms with Crippen molar-refractivity contribution < 1.29 is 0 Å². The lowest BCUT2D eigenvalue weighted by Gasteiger charge is -2.01. The molecule has 0 aliphatic carbocycles. The number of hydrogen-bond donors (Lipinski definition) is 2. The van der Waals surface area contributed by atoms with E-state index >= 15 is 0 Å². The predicted octanol–water partition coefficient (Wildman–Crippen LogP) is 2.09. The number of aromatic amines is 1. The number of hydrogen-bond acceptors (Lipinski definition) is 2. The number of rotatable bonds is 1. The van der Waals surface area contributed by atoms with Crippen LogP contribution in [0.2, 0.25) is 0 Å². The summed E-state index contributed by atoms with van der Waals surface area (Å²) in [4.78, 5) is 0. The topological polar surface area (TPSA) is 54.7 Å². The maximum absolute atomic E-state index is 5.60. The second-order valence-corrected chi connectivity index (χ2v) is 3.78. The molecule has 0 unspecified atom stereocenters. The fraction of sp³-hybridized carbons (Fsp3) is 0.222. The molecule has 68 valence electrons. The van der Waals surface area contributed by atoms with Gasteiger partial charge in [0.15, 0.2) is 0 Å². The average Bonchev–Trinajstić information content (AvgIpc) is 2.49. The largest absolute Gasteiger partial charge is 0.326 e. The maximum atomic E-state index is 5.60. The highest BCUT2D eigenvalue weighted by Crippen LogP contribution is 2.28. The first-order chi connectivity index (χ1) is 6.24. The van der Waals surface area contributed by atoms with E-state index in [1.54, 1.807) is 0 Å². The predicted molar refractivity (Wildman–Crippen MR) is 56.4 cm³/mol. The van der Waals surface area contributed by atoms with Crippen LogP contribution < -0.4 is 5.73 Å². The fourth-order valence-electron chi connectivity index (χ4n) is 1.42. The van der Waals surface area contributed by atoms with E-state index in [1.807, 2.05) is 19.1 Å². The van der Waals surface area contributed by atoms with Gasteiger partial charge in [-0.1, -0.05) is 6.07 Å². The van der Waals surface area contributed by atoms with Gasteiger partial charge in [-0.05, 0) is 34.5 Å². The summed E-state index contributed by atoms with van der Waals surface area (Å²) < 4.78 is 1.05. The van der Waals surface area contributed by atoms with E-state index in [4.69, 9.17) is 5.73 Å². The molecule has 0 fully saturated rings. The van der Waals surface area contributed by atoms with E-state index < -0.39 is 0 Å². The van der Waals surface area contributed by atoms with Crippen LogP contribution >= 0.6 is 15.9 Å². The highest BCUT2D eigenvalue weighted by atomic mass is 79.9. The van der Waals surface area contributed by atoms with Gasteiger partial charge in [0, 0.05) is 22.1 Å². The highest BCUT2D eigenvalue weighted by molar-refractivity contribution is 9.10. The second kappa shape index (κ2) is 3.12. The molecule has 1 aromatic carbocycles. The lowest BCUT2D eigenvalue weighted by atomic mass is 10.1. The van der Waals surface area contributed by atoms with Crippen LogP contribution in [0.15, 0.2) is 16.6 Å². The summed E-state index contributed by atoms with van der Waals surface area (Å²) in [5.41, 5.74) is 8.75. The van der Waals surface area contributed by atoms with Crippen molar-refractivity contribution in [3.05, 3.63) is 27.9 Å². The number of aromatic nitrogens is 2. The van der Waals surface area contributed by atoms with Crippen molar-refractivity contribution in [1.29, 1.82) is 0 Å². The third kappa shape index (κ3) is 1.26. The van der Waals surface area contributed by atoms with Gasteiger partial charge < -0.3 is 5.73 Å². The summed E-state index contributed by atoms with van der Waals surface area (Å²) in [6.07, 6.45) is 0. The van der Waals surface area contributed by atoms with E-state index in [0.717, 1.165) is 26.6 Å². The van der Waals surface area contributed by atoms with Gasteiger partial charge >= 0.3 is 0 Å². The zero-order valence-electron chi connectivity index (χ0n) is 7.26. The van der Waals surface area contributed by atoms with Gasteiger partial charge in [-0.3, -0.25) is 5.10 Å². The van der Waals surface area contributed by atoms with Crippen LogP contribution in [-0.2, 0) is 6.54 Å². The summed E-state index contributed by atoms with van der Waals surface area (Å²) in [7, 11) is 0. The molecule has 0 amide bonds. The molecule has 0 atom stereocenters. The Hall–Kier alpha value is -0.870. The first-order valence-corrected chi connectivity index (χ1v) is 4.85. The minimum atomic E-state index is 0.543. The highest BCUT2D eigenvalue weighted by Gasteiger charge is 2.08. The number of nitrogens with two attached hydrogens (primary N) is 1. The van der Waals surface area contributed by atoms with Crippen molar-refractivity contribution in [3.63, 3.8) is 0 Å². The first-order valence-electron chi connectivity index (χ1n) is 4.06. The Morgan fingerprint density at radius 1 is 1.54 bits per heavy atom. The third-order valence-electron chi connectivity index (χ3n) is 2.14. The lowest BCUT2D eigenvalue weighted by molar-refractivity contribution is 1.07. The molecule has 0 saturated carbocycles. The van der Waals surface area contributed by atoms with Crippen LogP contribution in [0.25, 0.3) is 10.9 Å². The summed E-state index contributed by atoms with van der Waals surface area (Å²) in [6.45, 7) is 2.54. The molecule has 3 N–H and O–H groups in total. The third-order valence-corrected chi connectivity index (χ3v) is 3.04. The summed E-state index contributed by atoms with van der Waals surface area (Å²) in [5.74, 6) is 0. The smallest absolute Gasteiger partial charge is 0.0935 e. The number of fused-ring (bicyclic) bond motifs is 1. The van der Waals surface area contributed by atoms with Gasteiger partial charge in [0.1, 0.15) is 0 Å². The Bertz CT molecular complexity index is 447. The van der Waals surface area contributed by atoms with E-state index in [9.17, 15) is 0 Å². The Morgan fingerprint density at radius 2 is 2.31 bits per heavy atom. The monoisotopic (exact) mass is 239 g/mol. The maximum Gasteiger partial charge on any atom is 0.0935 e. The first kappa shape index (κ1) is 8.72. The number of aryl methyl sites for hydroxylation is 1. The van der Waals surface area contributed by atoms with E-state index in [2.05, 4.69) is 26.1 Å². The molecule has 1 heterocycles. The molecule has 2 aromatic rings. The normalized spacial score (nSPS) is 11.0. The van der Waals surface area contributed by atoms with Gasteiger partial charge in [0.25, 0.3) is 0 Å². The number of nitrogens with zero attached hydrogens (tertiary/aromatic N) is 1. The van der Waals surface area contributed by atoms with Crippen LogP contribution in [0.4, 0.5) is 0 Å². The van der Waals surface area contributed by atoms with Crippen LogP contribution in [0.5, 0.6) is 0 Å². The molecular weight excluding hydrogens is 230 g/mol. The van der Waals surface area contributed by atoms with Crippen molar-refractivity contribution >= 4 is 26.8 Å². The molecule has 0 aliphatic rings. The molecule has 3 nitrogen and oxygen atoms in total. The lowest BCUT2D eigenvalue weighted by Crippen LogP contribution is -1.97. The van der Waals surface area contributed by atoms with Crippen LogP contribution in [0.1, 0.15) is 11.3 Å². The van der Waals surface area contributed by atoms with Gasteiger partial charge in [-0.15, -0.1) is 0 Å². The van der Waals surface area contributed by atoms with E-state index in [-0.39, 0.29) is 0 Å². The molecule has 13 heavy (non-hydrogen) atoms. The zero-order valence-corrected chi connectivity index (χ0v) is 8.85. The van der Waals surface area contributed by atoms with Crippen LogP contribution in [0, 0.1) is 6.92 Å². The molecule has 0 saturated heterocycles. The fourth-order valence-corrected chi connectivity index (χ4v) is 2.21. The van der Waals surface area contributed by atoms with E-state index in [1.165, 1.54) is 0 Å². The van der Waals surface area contributed by atoms with Crippen molar-refractivity contribution in [1.82, 2.24) is 10.2 Å². The van der Waals surface area contributed by atoms with Crippen molar-refractivity contribution in [3.8, 4) is 0 Å². The van der Waals surface area contributed by atoms with Crippen LogP contribution in [0.3, 0.4) is 0 Å². The van der Waals surface area contributed by atoms with Crippen molar-refractivity contribution in [2.75, 3.05) is 0 Å². The van der Waals surface area contributed by atoms with Crippen molar-refractivity contribution in [2.24, 2.45) is 5.73 Å². The minimum absolute atomic E-state index is 0.543. The summed E-state index contributed by atoms with van der Waals surface area (Å²) in [6, 6.07) is 3.97. The van der Waals surface area contributed by atoms with Gasteiger partial charge in [-0.25, -0.2) is 0 Å². The summed E-state index contributed by atoms with van der Waals surface area (Å²) in [5, 5.41) is 8.23. The van der Waals surface area contributed by atoms with E-state index in [0.29, 0.717) is 6.54 Å². The number of nitrogens with one attached hydrogen (secondary N) is 1. The number of benzene rings is 1. The SMILES string of the molecule is Cc1[nH]nc2ccc(CN)c(Br)c12. The average molecular weight is 240 g/mol. The van der Waals surface area contributed by atoms with Gasteiger partial charge in [0.05, 0.1) is 5.52 Å². The summed E-state index contributed by atoms with van der Waals surface area (Å²) >= 11 is 3.53. The second-order valence-electron chi connectivity index (χ2n) is 2.99. The number of halogens is 1. The molecular formula is C9H10BrN3. The number of H-pyrrole nitrogens is 1. The molecule has 1 aromatic heterocycles. The van der Waals surface area contributed by atoms with Gasteiger partial charge in [-0.2, -0.15) is 5.10 Å². The zero-order chi connectivity index (χ0) is 9.42. The standard InChI is InChI=1S/C9H10BrN3/c1-5-8-7(13-12-5)3-2-6(4-11)9(8)10/h2-3H,4,11H2,1H3,(H,12,13). The van der Waals surface area contributed by atoms with Crippen LogP contribution in [-0.4, -0.2) is 10.2 Å². The van der Waals surface area contributed by atoms with Crippen molar-refractivity contribution in [2.45, 2.75) is 13.5 Å². The minimum Gasteiger partial charge on any atom is -0.326 e. The quantitative estimate of drug-likeness (QED) is 0.801. The molecule has 0 spiro atoms. The Balaban J connectivity index is 2.83. The Kier molecular flexibility index (Phi) is 2.09. The molecule has 0 radical (unpaired) electrons. The Morgan fingerprint density at radius 3 is 3.00 bits per heavy atom.